The van der Waals surface area contributed by atoms with Crippen LogP contribution in [0.4, 0.5) is 0 Å². The van der Waals surface area contributed by atoms with Gasteiger partial charge in [0.05, 0.1) is 0 Å². The van der Waals surface area contributed by atoms with Gasteiger partial charge < -0.3 is 8.85 Å². The molecule has 176 valence electrons. The molecule has 0 aliphatic rings. The van der Waals surface area contributed by atoms with Gasteiger partial charge in [-0.15, -0.1) is 0 Å². The Labute approximate surface area is 186 Å². The van der Waals surface area contributed by atoms with Gasteiger partial charge in [0, 0.05) is 14.2 Å². The average molecular weight is 429 g/mol. The fraction of sp³-hybridized carbons (Fsp3) is 1.00. The van der Waals surface area contributed by atoms with Crippen LogP contribution in [0, 0.1) is 0 Å². The maximum absolute atomic E-state index is 5.88. The predicted molar refractivity (Wildman–Crippen MR) is 133 cm³/mol. The molecule has 0 aliphatic carbocycles. The Bertz CT molecular complexity index is 305. The Balaban J connectivity index is 3.37. The summed E-state index contributed by atoms with van der Waals surface area (Å²) in [6.45, 7) is 4.56. The Morgan fingerprint density at radius 2 is 0.621 bits per heavy atom. The molecule has 0 aliphatic heterocycles. The molecule has 0 bridgehead atoms. The molecule has 0 spiro atoms. The second kappa shape index (κ2) is 22.8. The molecule has 0 aromatic rings. The van der Waals surface area contributed by atoms with E-state index in [9.17, 15) is 0 Å². The molecule has 0 fully saturated rings. The van der Waals surface area contributed by atoms with Crippen molar-refractivity contribution < 1.29 is 8.85 Å². The van der Waals surface area contributed by atoms with Crippen molar-refractivity contribution in [2.75, 3.05) is 14.2 Å². The Morgan fingerprint density at radius 3 is 0.931 bits per heavy atom. The van der Waals surface area contributed by atoms with Crippen LogP contribution in [0.1, 0.15) is 142 Å². The van der Waals surface area contributed by atoms with E-state index in [1.54, 1.807) is 0 Å². The lowest BCUT2D eigenvalue weighted by Crippen LogP contribution is -2.39. The smallest absolute Gasteiger partial charge is 0.337 e. The molecule has 0 unspecified atom stereocenters. The van der Waals surface area contributed by atoms with Crippen LogP contribution in [0.25, 0.3) is 0 Å². The minimum atomic E-state index is -1.89. The van der Waals surface area contributed by atoms with Gasteiger partial charge in [0.2, 0.25) is 0 Å². The van der Waals surface area contributed by atoms with Gasteiger partial charge in [0.1, 0.15) is 0 Å². The van der Waals surface area contributed by atoms with E-state index in [1.807, 2.05) is 14.2 Å². The zero-order valence-corrected chi connectivity index (χ0v) is 21.9. The number of unbranched alkanes of at least 4 members (excludes halogenated alkanes) is 18. The van der Waals surface area contributed by atoms with Crippen LogP contribution in [0.5, 0.6) is 0 Å². The van der Waals surface area contributed by atoms with Crippen LogP contribution in [0.2, 0.25) is 12.1 Å². The third-order valence-electron chi connectivity index (χ3n) is 6.57. The number of hydrogen-bond acceptors (Lipinski definition) is 2. The van der Waals surface area contributed by atoms with Gasteiger partial charge in [0.15, 0.2) is 0 Å². The lowest BCUT2D eigenvalue weighted by atomic mass is 10.0. The number of rotatable bonds is 24. The van der Waals surface area contributed by atoms with E-state index in [0.29, 0.717) is 0 Å². The number of hydrogen-bond donors (Lipinski definition) is 0. The van der Waals surface area contributed by atoms with E-state index in [1.165, 1.54) is 141 Å². The normalized spacial score (nSPS) is 12.0. The second-order valence-electron chi connectivity index (χ2n) is 9.18. The topological polar surface area (TPSA) is 18.5 Å². The molecule has 0 heterocycles. The first-order valence-electron chi connectivity index (χ1n) is 13.3. The maximum atomic E-state index is 5.88. The van der Waals surface area contributed by atoms with Gasteiger partial charge in [-0.2, -0.15) is 0 Å². The molecule has 0 aromatic carbocycles. The van der Waals surface area contributed by atoms with E-state index in [2.05, 4.69) is 13.8 Å². The molecule has 0 aromatic heterocycles. The average Bonchev–Trinajstić information content (AvgIpc) is 2.75. The third-order valence-corrected chi connectivity index (χ3v) is 10.3. The first kappa shape index (κ1) is 29.1. The van der Waals surface area contributed by atoms with Crippen LogP contribution in [0.3, 0.4) is 0 Å². The SMILES string of the molecule is CCCCCCCCCCCCCCCCCCC[Si](CCCCC)(OC)OC. The monoisotopic (exact) mass is 428 g/mol. The molecular weight excluding hydrogens is 372 g/mol. The quantitative estimate of drug-likeness (QED) is 0.112. The molecule has 0 saturated carbocycles. The molecule has 29 heavy (non-hydrogen) atoms. The van der Waals surface area contributed by atoms with Gasteiger partial charge >= 0.3 is 8.56 Å². The molecule has 2 nitrogen and oxygen atoms in total. The highest BCUT2D eigenvalue weighted by Gasteiger charge is 2.33. The van der Waals surface area contributed by atoms with Gasteiger partial charge in [-0.05, 0) is 12.1 Å². The summed E-state index contributed by atoms with van der Waals surface area (Å²) >= 11 is 0. The summed E-state index contributed by atoms with van der Waals surface area (Å²) in [5.74, 6) is 0. The molecule has 0 N–H and O–H groups in total. The molecule has 0 radical (unpaired) electrons. The van der Waals surface area contributed by atoms with Crippen molar-refractivity contribution in [3.05, 3.63) is 0 Å². The molecule has 0 atom stereocenters. The highest BCUT2D eigenvalue weighted by molar-refractivity contribution is 6.67. The van der Waals surface area contributed by atoms with Crippen molar-refractivity contribution in [1.29, 1.82) is 0 Å². The fourth-order valence-corrected chi connectivity index (χ4v) is 7.19. The van der Waals surface area contributed by atoms with Gasteiger partial charge in [-0.1, -0.05) is 142 Å². The van der Waals surface area contributed by atoms with Crippen molar-refractivity contribution >= 4 is 8.56 Å². The van der Waals surface area contributed by atoms with Gasteiger partial charge in [-0.3, -0.25) is 0 Å². The Morgan fingerprint density at radius 1 is 0.379 bits per heavy atom. The summed E-state index contributed by atoms with van der Waals surface area (Å²) in [7, 11) is 1.85. The fourth-order valence-electron chi connectivity index (χ4n) is 4.38. The summed E-state index contributed by atoms with van der Waals surface area (Å²) in [6.07, 6.45) is 28.2. The Kier molecular flexibility index (Phi) is 22.9. The van der Waals surface area contributed by atoms with Crippen LogP contribution < -0.4 is 0 Å². The van der Waals surface area contributed by atoms with Crippen molar-refractivity contribution in [2.24, 2.45) is 0 Å². The van der Waals surface area contributed by atoms with E-state index in [0.717, 1.165) is 0 Å². The zero-order chi connectivity index (χ0) is 21.5. The van der Waals surface area contributed by atoms with Gasteiger partial charge in [0.25, 0.3) is 0 Å². The second-order valence-corrected chi connectivity index (χ2v) is 12.8. The summed E-state index contributed by atoms with van der Waals surface area (Å²) in [5, 5.41) is 0. The highest BCUT2D eigenvalue weighted by Crippen LogP contribution is 2.24. The third kappa shape index (κ3) is 18.6. The van der Waals surface area contributed by atoms with Crippen LogP contribution in [0.15, 0.2) is 0 Å². The van der Waals surface area contributed by atoms with E-state index in [4.69, 9.17) is 8.85 Å². The molecule has 0 saturated heterocycles. The summed E-state index contributed by atoms with van der Waals surface area (Å²) in [6, 6.07) is 2.36. The molecule has 0 rings (SSSR count). The maximum Gasteiger partial charge on any atom is 0.337 e. The summed E-state index contributed by atoms with van der Waals surface area (Å²) < 4.78 is 11.8. The van der Waals surface area contributed by atoms with E-state index in [-0.39, 0.29) is 0 Å². The van der Waals surface area contributed by atoms with Crippen LogP contribution in [-0.2, 0) is 8.85 Å². The van der Waals surface area contributed by atoms with Gasteiger partial charge in [-0.25, -0.2) is 0 Å². The Hall–Kier alpha value is 0.137. The highest BCUT2D eigenvalue weighted by atomic mass is 28.4. The first-order chi connectivity index (χ1) is 14.2. The molecular formula is C26H56O2Si. The lowest BCUT2D eigenvalue weighted by molar-refractivity contribution is 0.238. The van der Waals surface area contributed by atoms with Crippen LogP contribution in [-0.4, -0.2) is 22.8 Å². The molecule has 3 heteroatoms. The zero-order valence-electron chi connectivity index (χ0n) is 20.9. The summed E-state index contributed by atoms with van der Waals surface area (Å²) in [4.78, 5) is 0. The van der Waals surface area contributed by atoms with Crippen molar-refractivity contribution in [2.45, 2.75) is 154 Å². The lowest BCUT2D eigenvalue weighted by Gasteiger charge is -2.27. The summed E-state index contributed by atoms with van der Waals surface area (Å²) in [5.41, 5.74) is 0. The minimum absolute atomic E-state index is 1.17. The van der Waals surface area contributed by atoms with E-state index < -0.39 is 8.56 Å². The van der Waals surface area contributed by atoms with Crippen molar-refractivity contribution in [3.8, 4) is 0 Å². The standard InChI is InChI=1S/C26H56O2Si/c1-5-7-9-10-11-12-13-14-15-16-17-18-19-20-21-22-24-26-29(27-3,28-4)25-23-8-6-2/h5-26H2,1-4H3. The molecule has 0 amide bonds. The van der Waals surface area contributed by atoms with Crippen LogP contribution >= 0.6 is 0 Å². The first-order valence-corrected chi connectivity index (χ1v) is 15.6. The van der Waals surface area contributed by atoms with Crippen molar-refractivity contribution in [1.82, 2.24) is 0 Å². The largest absolute Gasteiger partial charge is 0.398 e. The minimum Gasteiger partial charge on any atom is -0.398 e. The predicted octanol–water partition coefficient (Wildman–Crippen LogP) is 9.56. The van der Waals surface area contributed by atoms with E-state index >= 15 is 0 Å². The van der Waals surface area contributed by atoms with Crippen molar-refractivity contribution in [3.63, 3.8) is 0 Å².